The number of carbonyl (C=O) groups is 1. The van der Waals surface area contributed by atoms with Crippen molar-refractivity contribution in [1.29, 1.82) is 0 Å². The number of carbonyl (C=O) groups excluding carboxylic acids is 1. The van der Waals surface area contributed by atoms with Crippen LogP contribution in [-0.4, -0.2) is 23.5 Å². The van der Waals surface area contributed by atoms with Crippen molar-refractivity contribution >= 4 is 5.91 Å². The first-order valence-corrected chi connectivity index (χ1v) is 8.23. The third-order valence-corrected chi connectivity index (χ3v) is 4.83. The Kier molecular flexibility index (Phi) is 4.58. The molecule has 1 aromatic heterocycles. The lowest BCUT2D eigenvalue weighted by atomic mass is 9.84. The summed E-state index contributed by atoms with van der Waals surface area (Å²) < 4.78 is 5.46. The maximum Gasteiger partial charge on any atom is 0.273 e. The third-order valence-electron chi connectivity index (χ3n) is 4.83. The van der Waals surface area contributed by atoms with Crippen molar-refractivity contribution in [1.82, 2.24) is 15.6 Å². The van der Waals surface area contributed by atoms with E-state index in [0.717, 1.165) is 19.4 Å². The van der Waals surface area contributed by atoms with Gasteiger partial charge in [-0.25, -0.2) is 4.98 Å². The van der Waals surface area contributed by atoms with Gasteiger partial charge in [-0.2, -0.15) is 0 Å². The summed E-state index contributed by atoms with van der Waals surface area (Å²) in [5.41, 5.74) is 0.404. The Morgan fingerprint density at radius 2 is 2.14 bits per heavy atom. The molecule has 21 heavy (non-hydrogen) atoms. The molecule has 2 unspecified atom stereocenters. The molecule has 2 fully saturated rings. The van der Waals surface area contributed by atoms with Gasteiger partial charge in [0.1, 0.15) is 6.26 Å². The molecule has 5 heteroatoms. The first kappa shape index (κ1) is 14.6. The van der Waals surface area contributed by atoms with Crippen LogP contribution in [0.15, 0.2) is 10.7 Å². The van der Waals surface area contributed by atoms with Gasteiger partial charge in [0.05, 0.1) is 6.04 Å². The molecule has 116 valence electrons. The topological polar surface area (TPSA) is 67.2 Å². The van der Waals surface area contributed by atoms with Crippen molar-refractivity contribution in [3.63, 3.8) is 0 Å². The highest BCUT2D eigenvalue weighted by Crippen LogP contribution is 2.26. The van der Waals surface area contributed by atoms with Crippen LogP contribution in [0.3, 0.4) is 0 Å². The second kappa shape index (κ2) is 6.60. The maximum absolute atomic E-state index is 12.3. The Morgan fingerprint density at radius 3 is 2.86 bits per heavy atom. The molecule has 2 N–H and O–H groups in total. The van der Waals surface area contributed by atoms with E-state index in [4.69, 9.17) is 4.42 Å². The van der Waals surface area contributed by atoms with E-state index in [9.17, 15) is 4.79 Å². The van der Waals surface area contributed by atoms with Crippen molar-refractivity contribution in [3.8, 4) is 0 Å². The summed E-state index contributed by atoms with van der Waals surface area (Å²) in [6, 6.07) is 0.380. The fourth-order valence-corrected chi connectivity index (χ4v) is 3.48. The van der Waals surface area contributed by atoms with Crippen LogP contribution in [-0.2, 0) is 0 Å². The smallest absolute Gasteiger partial charge is 0.273 e. The summed E-state index contributed by atoms with van der Waals surface area (Å²) >= 11 is 0. The van der Waals surface area contributed by atoms with Gasteiger partial charge in [-0.05, 0) is 45.1 Å². The zero-order valence-electron chi connectivity index (χ0n) is 12.7. The molecule has 2 heterocycles. The minimum atomic E-state index is -0.110. The molecule has 0 radical (unpaired) electrons. The van der Waals surface area contributed by atoms with Crippen LogP contribution in [0.4, 0.5) is 0 Å². The number of nitrogens with zero attached hydrogens (tertiary/aromatic N) is 1. The van der Waals surface area contributed by atoms with Crippen LogP contribution in [0.2, 0.25) is 0 Å². The number of amides is 1. The third kappa shape index (κ3) is 3.46. The van der Waals surface area contributed by atoms with Crippen molar-refractivity contribution in [3.05, 3.63) is 17.8 Å². The normalized spacial score (nSPS) is 24.9. The Morgan fingerprint density at radius 1 is 1.33 bits per heavy atom. The molecule has 1 amide bonds. The first-order chi connectivity index (χ1) is 10.2. The van der Waals surface area contributed by atoms with Crippen LogP contribution >= 0.6 is 0 Å². The molecular formula is C16H25N3O2. The van der Waals surface area contributed by atoms with Gasteiger partial charge in [0.15, 0.2) is 5.69 Å². The van der Waals surface area contributed by atoms with Crippen LogP contribution in [0.1, 0.15) is 74.3 Å². The van der Waals surface area contributed by atoms with Crippen molar-refractivity contribution in [2.24, 2.45) is 5.92 Å². The van der Waals surface area contributed by atoms with E-state index in [0.29, 0.717) is 17.5 Å². The molecular weight excluding hydrogens is 266 g/mol. The van der Waals surface area contributed by atoms with E-state index in [1.807, 2.05) is 0 Å². The Bertz CT molecular complexity index is 474. The van der Waals surface area contributed by atoms with E-state index in [2.05, 4.69) is 22.5 Å². The maximum atomic E-state index is 12.3. The average Bonchev–Trinajstić information content (AvgIpc) is 3.19. The summed E-state index contributed by atoms with van der Waals surface area (Å²) in [5.74, 6) is 1.13. The summed E-state index contributed by atoms with van der Waals surface area (Å²) in [5, 5.41) is 6.42. The van der Waals surface area contributed by atoms with Gasteiger partial charge in [-0.15, -0.1) is 0 Å². The number of hydrogen-bond acceptors (Lipinski definition) is 4. The van der Waals surface area contributed by atoms with Gasteiger partial charge in [-0.1, -0.05) is 19.3 Å². The Hall–Kier alpha value is -1.36. The highest BCUT2D eigenvalue weighted by atomic mass is 16.3. The molecule has 5 nitrogen and oxygen atoms in total. The highest BCUT2D eigenvalue weighted by molar-refractivity contribution is 5.92. The lowest BCUT2D eigenvalue weighted by Gasteiger charge is -2.27. The number of rotatable bonds is 4. The predicted octanol–water partition coefficient (Wildman–Crippen LogP) is 2.80. The minimum absolute atomic E-state index is 0.110. The Labute approximate surface area is 125 Å². The lowest BCUT2D eigenvalue weighted by molar-refractivity contribution is 0.0914. The lowest BCUT2D eigenvalue weighted by Crippen LogP contribution is -2.39. The molecule has 1 aromatic rings. The fourth-order valence-electron chi connectivity index (χ4n) is 3.48. The SMILES string of the molecule is CC(NC(=O)c1coc(C2CCCN2)n1)C1CCCCC1. The number of aromatic nitrogens is 1. The zero-order valence-corrected chi connectivity index (χ0v) is 12.7. The van der Waals surface area contributed by atoms with Crippen LogP contribution in [0, 0.1) is 5.92 Å². The van der Waals surface area contributed by atoms with Crippen molar-refractivity contribution in [2.45, 2.75) is 64.0 Å². The molecule has 0 aromatic carbocycles. The van der Waals surface area contributed by atoms with Gasteiger partial charge < -0.3 is 15.1 Å². The monoisotopic (exact) mass is 291 g/mol. The average molecular weight is 291 g/mol. The van der Waals surface area contributed by atoms with Crippen molar-refractivity contribution in [2.75, 3.05) is 6.54 Å². The van der Waals surface area contributed by atoms with E-state index in [1.165, 1.54) is 38.4 Å². The second-order valence-electron chi connectivity index (χ2n) is 6.38. The first-order valence-electron chi connectivity index (χ1n) is 8.23. The summed E-state index contributed by atoms with van der Waals surface area (Å²) in [7, 11) is 0. The van der Waals surface area contributed by atoms with Gasteiger partial charge in [0, 0.05) is 6.04 Å². The van der Waals surface area contributed by atoms with Gasteiger partial charge in [-0.3, -0.25) is 4.79 Å². The molecule has 1 saturated carbocycles. The van der Waals surface area contributed by atoms with E-state index in [-0.39, 0.29) is 18.0 Å². The van der Waals surface area contributed by atoms with E-state index >= 15 is 0 Å². The molecule has 2 aliphatic rings. The highest BCUT2D eigenvalue weighted by Gasteiger charge is 2.25. The van der Waals surface area contributed by atoms with Crippen LogP contribution < -0.4 is 10.6 Å². The fraction of sp³-hybridized carbons (Fsp3) is 0.750. The summed E-state index contributed by atoms with van der Waals surface area (Å²) in [4.78, 5) is 16.6. The van der Waals surface area contributed by atoms with Crippen LogP contribution in [0.25, 0.3) is 0 Å². The molecule has 2 atom stereocenters. The minimum Gasteiger partial charge on any atom is -0.446 e. The van der Waals surface area contributed by atoms with Gasteiger partial charge in [0.2, 0.25) is 5.89 Å². The number of nitrogens with one attached hydrogen (secondary N) is 2. The molecule has 0 spiro atoms. The van der Waals surface area contributed by atoms with Crippen LogP contribution in [0.5, 0.6) is 0 Å². The zero-order chi connectivity index (χ0) is 14.7. The van der Waals surface area contributed by atoms with E-state index < -0.39 is 0 Å². The molecule has 3 rings (SSSR count). The van der Waals surface area contributed by atoms with E-state index in [1.54, 1.807) is 0 Å². The number of hydrogen-bond donors (Lipinski definition) is 2. The Balaban J connectivity index is 1.57. The summed E-state index contributed by atoms with van der Waals surface area (Å²) in [6.07, 6.45) is 9.98. The molecule has 1 saturated heterocycles. The largest absolute Gasteiger partial charge is 0.446 e. The molecule has 1 aliphatic heterocycles. The van der Waals surface area contributed by atoms with Crippen molar-refractivity contribution < 1.29 is 9.21 Å². The quantitative estimate of drug-likeness (QED) is 0.895. The number of oxazole rings is 1. The predicted molar refractivity (Wildman–Crippen MR) is 80.0 cm³/mol. The molecule has 1 aliphatic carbocycles. The van der Waals surface area contributed by atoms with Gasteiger partial charge in [0.25, 0.3) is 5.91 Å². The summed E-state index contributed by atoms with van der Waals surface area (Å²) in [6.45, 7) is 3.10. The standard InChI is InChI=1S/C16H25N3O2/c1-11(12-6-3-2-4-7-12)18-15(20)14-10-21-16(19-14)13-8-5-9-17-13/h10-13,17H,2-9H2,1H3,(H,18,20). The molecule has 0 bridgehead atoms. The van der Waals surface area contributed by atoms with Gasteiger partial charge >= 0.3 is 0 Å². The second-order valence-corrected chi connectivity index (χ2v) is 6.38.